The van der Waals surface area contributed by atoms with E-state index in [-0.39, 0.29) is 5.91 Å². The maximum atomic E-state index is 12.9. The highest BCUT2D eigenvalue weighted by Gasteiger charge is 2.15. The molecular formula is C28H20N2O2S. The number of hydrogen-bond acceptors (Lipinski definition) is 4. The van der Waals surface area contributed by atoms with Crippen LogP contribution in [0.3, 0.4) is 0 Å². The first-order chi connectivity index (χ1) is 16.3. The summed E-state index contributed by atoms with van der Waals surface area (Å²) in [6.07, 6.45) is 0. The van der Waals surface area contributed by atoms with E-state index in [1.807, 2.05) is 78.2 Å². The first-order valence-corrected chi connectivity index (χ1v) is 11.4. The largest absolute Gasteiger partial charge is 0.457 e. The van der Waals surface area contributed by atoms with E-state index < -0.39 is 0 Å². The summed E-state index contributed by atoms with van der Waals surface area (Å²) < 4.78 is 5.91. The Morgan fingerprint density at radius 3 is 2.06 bits per heavy atom. The van der Waals surface area contributed by atoms with Crippen molar-refractivity contribution in [1.29, 1.82) is 0 Å². The van der Waals surface area contributed by atoms with Crippen LogP contribution in [0.5, 0.6) is 11.5 Å². The quantitative estimate of drug-likeness (QED) is 0.292. The fourth-order valence-electron chi connectivity index (χ4n) is 3.45. The average Bonchev–Trinajstić information content (AvgIpc) is 3.34. The first-order valence-electron chi connectivity index (χ1n) is 10.5. The summed E-state index contributed by atoms with van der Waals surface area (Å²) >= 11 is 1.39. The van der Waals surface area contributed by atoms with Crippen LogP contribution in [0.1, 0.15) is 10.4 Å². The van der Waals surface area contributed by atoms with Crippen molar-refractivity contribution in [2.75, 3.05) is 5.32 Å². The van der Waals surface area contributed by atoms with Gasteiger partial charge in [0.15, 0.2) is 5.13 Å². The van der Waals surface area contributed by atoms with Crippen molar-refractivity contribution in [3.63, 3.8) is 0 Å². The van der Waals surface area contributed by atoms with E-state index in [1.165, 1.54) is 16.9 Å². The Morgan fingerprint density at radius 1 is 0.697 bits per heavy atom. The molecule has 0 saturated heterocycles. The van der Waals surface area contributed by atoms with Gasteiger partial charge in [-0.25, -0.2) is 4.98 Å². The van der Waals surface area contributed by atoms with Gasteiger partial charge in [-0.05, 0) is 35.4 Å². The van der Waals surface area contributed by atoms with Gasteiger partial charge < -0.3 is 4.74 Å². The number of anilines is 1. The van der Waals surface area contributed by atoms with Gasteiger partial charge in [-0.3, -0.25) is 10.1 Å². The summed E-state index contributed by atoms with van der Waals surface area (Å²) in [7, 11) is 0. The van der Waals surface area contributed by atoms with Gasteiger partial charge >= 0.3 is 0 Å². The van der Waals surface area contributed by atoms with Crippen LogP contribution in [0.25, 0.3) is 22.4 Å². The summed E-state index contributed by atoms with van der Waals surface area (Å²) in [5.74, 6) is 0.907. The predicted octanol–water partition coefficient (Wildman–Crippen LogP) is 7.52. The molecule has 1 amide bonds. The summed E-state index contributed by atoms with van der Waals surface area (Å²) in [6, 6.07) is 35.1. The number of aromatic nitrogens is 1. The van der Waals surface area contributed by atoms with Crippen molar-refractivity contribution in [3.8, 4) is 33.9 Å². The second-order valence-corrected chi connectivity index (χ2v) is 8.20. The van der Waals surface area contributed by atoms with Crippen molar-refractivity contribution < 1.29 is 9.53 Å². The number of carbonyl (C=O) groups is 1. The van der Waals surface area contributed by atoms with E-state index in [4.69, 9.17) is 4.74 Å². The fourth-order valence-corrected chi connectivity index (χ4v) is 4.17. The lowest BCUT2D eigenvalue weighted by Crippen LogP contribution is -2.12. The van der Waals surface area contributed by atoms with Crippen molar-refractivity contribution in [1.82, 2.24) is 4.98 Å². The van der Waals surface area contributed by atoms with Gasteiger partial charge in [0.2, 0.25) is 0 Å². The van der Waals surface area contributed by atoms with Crippen molar-refractivity contribution in [2.45, 2.75) is 0 Å². The summed E-state index contributed by atoms with van der Waals surface area (Å²) in [5, 5.41) is 5.38. The second kappa shape index (κ2) is 9.51. The van der Waals surface area contributed by atoms with E-state index in [2.05, 4.69) is 34.6 Å². The molecule has 0 bridgehead atoms. The molecule has 0 saturated carbocycles. The third-order valence-corrected chi connectivity index (χ3v) is 5.87. The molecular weight excluding hydrogens is 428 g/mol. The van der Waals surface area contributed by atoms with Crippen molar-refractivity contribution >= 4 is 22.4 Å². The second-order valence-electron chi connectivity index (χ2n) is 7.35. The van der Waals surface area contributed by atoms with Crippen LogP contribution >= 0.6 is 11.3 Å². The number of hydrogen-bond donors (Lipinski definition) is 1. The smallest absolute Gasteiger partial charge is 0.261 e. The van der Waals surface area contributed by atoms with E-state index in [9.17, 15) is 4.79 Å². The molecule has 0 fully saturated rings. The van der Waals surface area contributed by atoms with Crippen LogP contribution in [-0.4, -0.2) is 10.9 Å². The van der Waals surface area contributed by atoms with Gasteiger partial charge in [-0.15, -0.1) is 11.3 Å². The molecule has 33 heavy (non-hydrogen) atoms. The van der Waals surface area contributed by atoms with Crippen LogP contribution in [0, 0.1) is 0 Å². The minimum absolute atomic E-state index is 0.262. The predicted molar refractivity (Wildman–Crippen MR) is 134 cm³/mol. The molecule has 1 N–H and O–H groups in total. The minimum atomic E-state index is -0.262. The Bertz CT molecular complexity index is 1360. The Labute approximate surface area is 196 Å². The molecule has 5 aromatic rings. The number of ether oxygens (including phenoxy) is 1. The topological polar surface area (TPSA) is 51.2 Å². The Hall–Kier alpha value is -4.22. The average molecular weight is 449 g/mol. The number of amides is 1. The summed E-state index contributed by atoms with van der Waals surface area (Å²) in [5.41, 5.74) is 4.60. The van der Waals surface area contributed by atoms with Crippen LogP contribution < -0.4 is 10.1 Å². The van der Waals surface area contributed by atoms with E-state index in [1.54, 1.807) is 12.1 Å². The zero-order valence-electron chi connectivity index (χ0n) is 17.6. The third kappa shape index (κ3) is 4.84. The maximum Gasteiger partial charge on any atom is 0.261 e. The highest BCUT2D eigenvalue weighted by Crippen LogP contribution is 2.29. The van der Waals surface area contributed by atoms with Crippen LogP contribution in [0.2, 0.25) is 0 Å². The first kappa shape index (κ1) is 20.7. The number of nitrogens with zero attached hydrogens (tertiary/aromatic N) is 1. The Morgan fingerprint density at radius 2 is 1.30 bits per heavy atom. The third-order valence-electron chi connectivity index (χ3n) is 5.12. The highest BCUT2D eigenvalue weighted by atomic mass is 32.1. The molecule has 1 heterocycles. The zero-order chi connectivity index (χ0) is 22.5. The molecule has 5 heteroatoms. The SMILES string of the molecule is O=C(Nc1nc(-c2ccc(-c3ccccc3)cc2)cs1)c1ccccc1Oc1ccccc1. The number of rotatable bonds is 6. The lowest BCUT2D eigenvalue weighted by molar-refractivity contribution is 0.102. The molecule has 0 aliphatic rings. The molecule has 1 aromatic heterocycles. The summed E-state index contributed by atoms with van der Waals surface area (Å²) in [6.45, 7) is 0. The van der Waals surface area contributed by atoms with Gasteiger partial charge in [0, 0.05) is 10.9 Å². The number of para-hydroxylation sites is 2. The van der Waals surface area contributed by atoms with Crippen molar-refractivity contribution in [3.05, 3.63) is 120 Å². The number of thiazole rings is 1. The minimum Gasteiger partial charge on any atom is -0.457 e. The van der Waals surface area contributed by atoms with Gasteiger partial charge in [-0.2, -0.15) is 0 Å². The molecule has 4 nitrogen and oxygen atoms in total. The Kier molecular flexibility index (Phi) is 5.95. The number of nitrogens with one attached hydrogen (secondary N) is 1. The monoisotopic (exact) mass is 448 g/mol. The number of benzene rings is 4. The lowest BCUT2D eigenvalue weighted by Gasteiger charge is -2.10. The lowest BCUT2D eigenvalue weighted by atomic mass is 10.0. The normalized spacial score (nSPS) is 10.5. The number of carbonyl (C=O) groups excluding carboxylic acids is 1. The van der Waals surface area contributed by atoms with Gasteiger partial charge in [0.05, 0.1) is 11.3 Å². The standard InChI is InChI=1S/C28H20N2O2S/c31-27(24-13-7-8-14-26(24)32-23-11-5-2-6-12-23)30-28-29-25(19-33-28)22-17-15-21(16-18-22)20-9-3-1-4-10-20/h1-19H,(H,29,30,31). The molecule has 5 rings (SSSR count). The van der Waals surface area contributed by atoms with Crippen molar-refractivity contribution in [2.24, 2.45) is 0 Å². The van der Waals surface area contributed by atoms with E-state index in [0.717, 1.165) is 16.8 Å². The van der Waals surface area contributed by atoms with Gasteiger partial charge in [0.1, 0.15) is 11.5 Å². The molecule has 0 unspecified atom stereocenters. The van der Waals surface area contributed by atoms with Crippen LogP contribution in [0.4, 0.5) is 5.13 Å². The molecule has 0 radical (unpaired) electrons. The van der Waals surface area contributed by atoms with E-state index in [0.29, 0.717) is 22.2 Å². The molecule has 4 aromatic carbocycles. The molecule has 0 aliphatic heterocycles. The van der Waals surface area contributed by atoms with Crippen LogP contribution in [-0.2, 0) is 0 Å². The molecule has 0 spiro atoms. The van der Waals surface area contributed by atoms with Crippen LogP contribution in [0.15, 0.2) is 115 Å². The summed E-state index contributed by atoms with van der Waals surface area (Å²) in [4.78, 5) is 17.6. The fraction of sp³-hybridized carbons (Fsp3) is 0. The maximum absolute atomic E-state index is 12.9. The molecule has 0 atom stereocenters. The molecule has 0 aliphatic carbocycles. The highest BCUT2D eigenvalue weighted by molar-refractivity contribution is 7.14. The van der Waals surface area contributed by atoms with Gasteiger partial charge in [-0.1, -0.05) is 84.9 Å². The van der Waals surface area contributed by atoms with Gasteiger partial charge in [0.25, 0.3) is 5.91 Å². The molecule has 160 valence electrons. The van der Waals surface area contributed by atoms with E-state index >= 15 is 0 Å². The zero-order valence-corrected chi connectivity index (χ0v) is 18.5. The Balaban J connectivity index is 1.31.